The van der Waals surface area contributed by atoms with Crippen LogP contribution in [0, 0.1) is 26.7 Å². The first kappa shape index (κ1) is 10.1. The van der Waals surface area contributed by atoms with Gasteiger partial charge in [0.25, 0.3) is 0 Å². The number of nitriles is 1. The Bertz CT molecular complexity index is 548. The van der Waals surface area contributed by atoms with E-state index in [4.69, 9.17) is 5.26 Å². The van der Waals surface area contributed by atoms with E-state index in [0.717, 1.165) is 5.57 Å². The third kappa shape index (κ3) is 1.69. The van der Waals surface area contributed by atoms with Crippen molar-refractivity contribution in [3.05, 3.63) is 51.1 Å². The van der Waals surface area contributed by atoms with Gasteiger partial charge in [-0.15, -0.1) is 0 Å². The van der Waals surface area contributed by atoms with E-state index < -0.39 is 0 Å². The Morgan fingerprint density at radius 2 is 2.25 bits per heavy atom. The number of hydrogen-bond acceptors (Lipinski definition) is 1. The molecular weight excluding hydrogens is 309 g/mol. The van der Waals surface area contributed by atoms with Crippen molar-refractivity contribution in [1.82, 2.24) is 0 Å². The largest absolute Gasteiger partial charge is 0.192 e. The first-order valence-corrected chi connectivity index (χ1v) is 6.45. The Kier molecular flexibility index (Phi) is 2.36. The molecule has 2 heteroatoms. The van der Waals surface area contributed by atoms with E-state index in [1.807, 2.05) is 0 Å². The molecule has 0 bridgehead atoms. The van der Waals surface area contributed by atoms with Crippen LogP contribution in [0.5, 0.6) is 0 Å². The molecule has 1 nitrogen and oxygen atoms in total. The van der Waals surface area contributed by atoms with Gasteiger partial charge in [-0.25, -0.2) is 0 Å². The zero-order chi connectivity index (χ0) is 11.1. The maximum absolute atomic E-state index is 8.98. The van der Waals surface area contributed by atoms with Crippen LogP contribution < -0.4 is 0 Å². The Morgan fingerprint density at radius 3 is 3.00 bits per heavy atom. The van der Waals surface area contributed by atoms with E-state index >= 15 is 0 Å². The lowest BCUT2D eigenvalue weighted by atomic mass is 9.94. The van der Waals surface area contributed by atoms with Gasteiger partial charge >= 0.3 is 0 Å². The molecule has 0 saturated heterocycles. The highest BCUT2D eigenvalue weighted by Crippen LogP contribution is 2.52. The summed E-state index contributed by atoms with van der Waals surface area (Å²) in [5.41, 5.74) is 3.45. The van der Waals surface area contributed by atoms with Crippen molar-refractivity contribution in [1.29, 1.82) is 5.26 Å². The van der Waals surface area contributed by atoms with E-state index in [1.54, 1.807) is 0 Å². The Hall–Kier alpha value is -1.08. The normalized spacial score (nSPS) is 26.2. The van der Waals surface area contributed by atoms with E-state index in [0.29, 0.717) is 11.8 Å². The van der Waals surface area contributed by atoms with E-state index in [2.05, 4.69) is 65.1 Å². The van der Waals surface area contributed by atoms with Crippen molar-refractivity contribution in [2.75, 3.05) is 0 Å². The van der Waals surface area contributed by atoms with Crippen LogP contribution in [0.25, 0.3) is 5.57 Å². The smallest absolute Gasteiger partial charge is 0.0988 e. The van der Waals surface area contributed by atoms with Crippen LogP contribution in [0.3, 0.4) is 0 Å². The molecule has 78 valence electrons. The quantitative estimate of drug-likeness (QED) is 0.723. The molecule has 1 aromatic carbocycles. The Balaban J connectivity index is 2.05. The molecule has 1 aromatic rings. The van der Waals surface area contributed by atoms with Crippen LogP contribution in [-0.4, -0.2) is 0 Å². The second-order valence-electron chi connectivity index (χ2n) is 4.35. The topological polar surface area (TPSA) is 23.8 Å². The molecule has 16 heavy (non-hydrogen) atoms. The first-order chi connectivity index (χ1) is 7.78. The number of halogens is 1. The predicted molar refractivity (Wildman–Crippen MR) is 72.4 cm³/mol. The van der Waals surface area contributed by atoms with Gasteiger partial charge in [-0.05, 0) is 70.2 Å². The number of fused-ring (bicyclic) bond motifs is 1. The molecule has 1 fully saturated rings. The third-order valence-electron chi connectivity index (χ3n) is 3.23. The lowest BCUT2D eigenvalue weighted by molar-refractivity contribution is 0.990. The highest BCUT2D eigenvalue weighted by atomic mass is 127. The van der Waals surface area contributed by atoms with Crippen molar-refractivity contribution >= 4 is 28.2 Å². The van der Waals surface area contributed by atoms with Crippen molar-refractivity contribution in [2.45, 2.75) is 6.42 Å². The maximum atomic E-state index is 8.98. The molecule has 1 saturated carbocycles. The van der Waals surface area contributed by atoms with Crippen LogP contribution in [-0.2, 0) is 0 Å². The summed E-state index contributed by atoms with van der Waals surface area (Å²) in [4.78, 5) is 0. The molecule has 2 aliphatic rings. The molecule has 2 atom stereocenters. The molecule has 0 heterocycles. The minimum absolute atomic E-state index is 0.618. The molecule has 0 aliphatic heterocycles. The average Bonchev–Trinajstić information content (AvgIpc) is 3.06. The van der Waals surface area contributed by atoms with Gasteiger partial charge in [0.1, 0.15) is 0 Å². The number of allylic oxidation sites excluding steroid dienone is 4. The fourth-order valence-corrected chi connectivity index (χ4v) is 2.89. The monoisotopic (exact) mass is 319 g/mol. The second kappa shape index (κ2) is 3.74. The third-order valence-corrected chi connectivity index (χ3v) is 3.90. The highest BCUT2D eigenvalue weighted by Gasteiger charge is 2.41. The van der Waals surface area contributed by atoms with Crippen LogP contribution in [0.1, 0.15) is 12.0 Å². The molecule has 0 N–H and O–H groups in total. The fourth-order valence-electron chi connectivity index (χ4n) is 2.34. The summed E-state index contributed by atoms with van der Waals surface area (Å²) in [6.45, 7) is 0. The molecule has 2 unspecified atom stereocenters. The maximum Gasteiger partial charge on any atom is 0.0988 e. The van der Waals surface area contributed by atoms with Crippen molar-refractivity contribution < 1.29 is 0 Å². The van der Waals surface area contributed by atoms with E-state index in [1.165, 1.54) is 21.1 Å². The van der Waals surface area contributed by atoms with Gasteiger partial charge in [-0.3, -0.25) is 0 Å². The molecule has 0 aromatic heterocycles. The van der Waals surface area contributed by atoms with Crippen LogP contribution >= 0.6 is 22.6 Å². The van der Waals surface area contributed by atoms with E-state index in [-0.39, 0.29) is 0 Å². The van der Waals surface area contributed by atoms with Crippen molar-refractivity contribution in [3.8, 4) is 6.07 Å². The number of rotatable bonds is 1. The van der Waals surface area contributed by atoms with Crippen molar-refractivity contribution in [3.63, 3.8) is 0 Å². The summed E-state index contributed by atoms with van der Waals surface area (Å²) >= 11 is 2.33. The van der Waals surface area contributed by atoms with E-state index in [9.17, 15) is 0 Å². The summed E-state index contributed by atoms with van der Waals surface area (Å²) in [5, 5.41) is 8.98. The average molecular weight is 319 g/mol. The minimum Gasteiger partial charge on any atom is -0.192 e. The summed E-state index contributed by atoms with van der Waals surface area (Å²) in [5.74, 6) is 1.28. The lowest BCUT2D eigenvalue weighted by Crippen LogP contribution is -1.95. The van der Waals surface area contributed by atoms with Gasteiger partial charge in [0.05, 0.1) is 6.07 Å². The number of nitrogens with zero attached hydrogens (tertiary/aromatic N) is 1. The summed E-state index contributed by atoms with van der Waals surface area (Å²) in [6.07, 6.45) is 5.38. The molecule has 0 spiro atoms. The Morgan fingerprint density at radius 1 is 1.38 bits per heavy atom. The minimum atomic E-state index is 0.618. The lowest BCUT2D eigenvalue weighted by Gasteiger charge is -2.10. The zero-order valence-corrected chi connectivity index (χ0v) is 10.8. The molecule has 2 aliphatic carbocycles. The number of benzene rings is 1. The van der Waals surface area contributed by atoms with Gasteiger partial charge in [0.15, 0.2) is 0 Å². The molecule has 0 radical (unpaired) electrons. The van der Waals surface area contributed by atoms with Crippen LogP contribution in [0.4, 0.5) is 0 Å². The fraction of sp³-hybridized carbons (Fsp3) is 0.214. The summed E-state index contributed by atoms with van der Waals surface area (Å²) < 4.78 is 1.25. The SMILES string of the molecule is N#CC1=CC2CC2C(c2cccc(I)c2)=C1. The van der Waals surface area contributed by atoms with Gasteiger partial charge in [0.2, 0.25) is 0 Å². The zero-order valence-electron chi connectivity index (χ0n) is 8.65. The highest BCUT2D eigenvalue weighted by molar-refractivity contribution is 14.1. The summed E-state index contributed by atoms with van der Waals surface area (Å²) in [7, 11) is 0. The van der Waals surface area contributed by atoms with Crippen molar-refractivity contribution in [2.24, 2.45) is 11.8 Å². The van der Waals surface area contributed by atoms with Gasteiger partial charge < -0.3 is 0 Å². The molecule has 0 amide bonds. The molecular formula is C14H10IN. The van der Waals surface area contributed by atoms with Gasteiger partial charge in [-0.2, -0.15) is 5.26 Å². The predicted octanol–water partition coefficient (Wildman–Crippen LogP) is 3.77. The standard InChI is InChI=1S/C14H10IN/c15-12-3-1-2-10(6-12)13-5-9(8-16)4-11-7-14(11)13/h1-6,11,14H,7H2. The Labute approximate surface area is 109 Å². The molecule has 3 rings (SSSR count). The first-order valence-electron chi connectivity index (χ1n) is 5.37. The second-order valence-corrected chi connectivity index (χ2v) is 5.60. The van der Waals surface area contributed by atoms with Gasteiger partial charge in [0, 0.05) is 9.14 Å². The van der Waals surface area contributed by atoms with Crippen LogP contribution in [0.15, 0.2) is 42.0 Å². The number of hydrogen-bond donors (Lipinski definition) is 0. The van der Waals surface area contributed by atoms with Gasteiger partial charge in [-0.1, -0.05) is 18.2 Å². The van der Waals surface area contributed by atoms with Crippen LogP contribution in [0.2, 0.25) is 0 Å². The summed E-state index contributed by atoms with van der Waals surface area (Å²) in [6, 6.07) is 10.8.